The molecule has 4 rings (SSSR count). The van der Waals surface area contributed by atoms with Gasteiger partial charge in [-0.15, -0.1) is 0 Å². The molecular formula is C23H25FN4O2. The lowest BCUT2D eigenvalue weighted by molar-refractivity contribution is 0.0619. The fourth-order valence-corrected chi connectivity index (χ4v) is 3.62. The number of para-hydroxylation sites is 1. The number of nitrogens with zero attached hydrogens (tertiary/aromatic N) is 4. The summed E-state index contributed by atoms with van der Waals surface area (Å²) in [6, 6.07) is 15.9. The number of ether oxygens (including phenoxy) is 1. The fraction of sp³-hybridized carbons (Fsp3) is 0.304. The highest BCUT2D eigenvalue weighted by atomic mass is 19.1. The number of carbonyl (C=O) groups is 1. The monoisotopic (exact) mass is 408 g/mol. The molecule has 2 aromatic carbocycles. The van der Waals surface area contributed by atoms with Gasteiger partial charge < -0.3 is 9.64 Å². The highest BCUT2D eigenvalue weighted by Gasteiger charge is 2.25. The minimum Gasteiger partial charge on any atom is -0.492 e. The van der Waals surface area contributed by atoms with Gasteiger partial charge >= 0.3 is 0 Å². The maximum Gasteiger partial charge on any atom is 0.257 e. The Morgan fingerprint density at radius 1 is 1.03 bits per heavy atom. The van der Waals surface area contributed by atoms with Gasteiger partial charge in [0, 0.05) is 32.7 Å². The van der Waals surface area contributed by atoms with Crippen LogP contribution in [-0.2, 0) is 0 Å². The summed E-state index contributed by atoms with van der Waals surface area (Å²) in [6.45, 7) is 6.29. The van der Waals surface area contributed by atoms with Gasteiger partial charge in [-0.05, 0) is 43.3 Å². The maximum atomic E-state index is 13.2. The Balaban J connectivity index is 1.31. The SMILES string of the molecule is Cc1c(C(=O)N2CCN(CCOc3ccccc3)CC2)cnn1-c1ccc(F)cc1. The first-order valence-electron chi connectivity index (χ1n) is 10.1. The topological polar surface area (TPSA) is 50.6 Å². The normalized spacial score (nSPS) is 14.7. The summed E-state index contributed by atoms with van der Waals surface area (Å²) in [5.41, 5.74) is 2.07. The number of hydrogen-bond donors (Lipinski definition) is 0. The van der Waals surface area contributed by atoms with E-state index in [1.54, 1.807) is 23.0 Å². The van der Waals surface area contributed by atoms with Gasteiger partial charge in [-0.25, -0.2) is 9.07 Å². The molecule has 0 spiro atoms. The van der Waals surface area contributed by atoms with Crippen LogP contribution in [0.5, 0.6) is 5.75 Å². The minimum absolute atomic E-state index is 0.0129. The summed E-state index contributed by atoms with van der Waals surface area (Å²) in [7, 11) is 0. The Kier molecular flexibility index (Phi) is 6.09. The first-order chi connectivity index (χ1) is 14.6. The van der Waals surface area contributed by atoms with E-state index in [-0.39, 0.29) is 11.7 Å². The van der Waals surface area contributed by atoms with Crippen molar-refractivity contribution in [3.63, 3.8) is 0 Å². The predicted octanol–water partition coefficient (Wildman–Crippen LogP) is 3.16. The van der Waals surface area contributed by atoms with Crippen LogP contribution in [0, 0.1) is 12.7 Å². The Morgan fingerprint density at radius 3 is 2.43 bits per heavy atom. The van der Waals surface area contributed by atoms with E-state index in [1.165, 1.54) is 12.1 Å². The summed E-state index contributed by atoms with van der Waals surface area (Å²) >= 11 is 0. The Bertz CT molecular complexity index is 980. The fourth-order valence-electron chi connectivity index (χ4n) is 3.62. The average molecular weight is 408 g/mol. The van der Waals surface area contributed by atoms with Crippen molar-refractivity contribution in [3.8, 4) is 11.4 Å². The van der Waals surface area contributed by atoms with Crippen molar-refractivity contribution in [1.29, 1.82) is 0 Å². The zero-order valence-electron chi connectivity index (χ0n) is 17.0. The average Bonchev–Trinajstić information content (AvgIpc) is 3.16. The Hall–Kier alpha value is -3.19. The second kappa shape index (κ2) is 9.09. The number of piperazine rings is 1. The van der Waals surface area contributed by atoms with E-state index >= 15 is 0 Å². The largest absolute Gasteiger partial charge is 0.492 e. The van der Waals surface area contributed by atoms with E-state index < -0.39 is 0 Å². The molecule has 6 nitrogen and oxygen atoms in total. The molecule has 3 aromatic rings. The summed E-state index contributed by atoms with van der Waals surface area (Å²) in [6.07, 6.45) is 1.60. The van der Waals surface area contributed by atoms with Gasteiger partial charge in [0.15, 0.2) is 0 Å². The number of benzene rings is 2. The molecule has 1 aliphatic heterocycles. The van der Waals surface area contributed by atoms with Crippen molar-refractivity contribution >= 4 is 5.91 Å². The van der Waals surface area contributed by atoms with Crippen LogP contribution in [0.2, 0.25) is 0 Å². The van der Waals surface area contributed by atoms with E-state index in [0.717, 1.165) is 36.8 Å². The number of rotatable bonds is 6. The molecule has 0 bridgehead atoms. The first-order valence-corrected chi connectivity index (χ1v) is 10.1. The number of aromatic nitrogens is 2. The number of carbonyl (C=O) groups excluding carboxylic acids is 1. The zero-order chi connectivity index (χ0) is 20.9. The van der Waals surface area contributed by atoms with Crippen LogP contribution in [0.15, 0.2) is 60.8 Å². The van der Waals surface area contributed by atoms with Crippen LogP contribution in [-0.4, -0.2) is 64.8 Å². The lowest BCUT2D eigenvalue weighted by Crippen LogP contribution is -2.49. The molecule has 156 valence electrons. The lowest BCUT2D eigenvalue weighted by Gasteiger charge is -2.34. The molecule has 1 aliphatic rings. The van der Waals surface area contributed by atoms with Gasteiger partial charge in [-0.3, -0.25) is 9.69 Å². The molecule has 1 fully saturated rings. The predicted molar refractivity (Wildman–Crippen MR) is 113 cm³/mol. The molecule has 1 aromatic heterocycles. The van der Waals surface area contributed by atoms with Gasteiger partial charge in [-0.1, -0.05) is 18.2 Å². The number of amides is 1. The van der Waals surface area contributed by atoms with Crippen molar-refractivity contribution in [2.45, 2.75) is 6.92 Å². The van der Waals surface area contributed by atoms with Crippen LogP contribution in [0.4, 0.5) is 4.39 Å². The van der Waals surface area contributed by atoms with Crippen molar-refractivity contribution in [1.82, 2.24) is 19.6 Å². The molecular weight excluding hydrogens is 383 g/mol. The molecule has 0 N–H and O–H groups in total. The number of halogens is 1. The summed E-state index contributed by atoms with van der Waals surface area (Å²) < 4.78 is 20.6. The second-order valence-corrected chi connectivity index (χ2v) is 7.33. The molecule has 1 saturated heterocycles. The van der Waals surface area contributed by atoms with E-state index in [0.29, 0.717) is 25.3 Å². The van der Waals surface area contributed by atoms with Crippen LogP contribution in [0.3, 0.4) is 0 Å². The van der Waals surface area contributed by atoms with Crippen molar-refractivity contribution in [2.75, 3.05) is 39.3 Å². The summed E-state index contributed by atoms with van der Waals surface area (Å²) in [5, 5.41) is 4.34. The second-order valence-electron chi connectivity index (χ2n) is 7.33. The van der Waals surface area contributed by atoms with Crippen molar-refractivity contribution < 1.29 is 13.9 Å². The first kappa shape index (κ1) is 20.1. The molecule has 0 aliphatic carbocycles. The summed E-state index contributed by atoms with van der Waals surface area (Å²) in [5.74, 6) is 0.563. The molecule has 30 heavy (non-hydrogen) atoms. The van der Waals surface area contributed by atoms with E-state index in [4.69, 9.17) is 4.74 Å². The molecule has 7 heteroatoms. The summed E-state index contributed by atoms with van der Waals surface area (Å²) in [4.78, 5) is 17.2. The van der Waals surface area contributed by atoms with Crippen LogP contribution >= 0.6 is 0 Å². The standard InChI is InChI=1S/C23H25FN4O2/c1-18-22(17-25-28(18)20-9-7-19(24)8-10-20)23(29)27-13-11-26(12-14-27)15-16-30-21-5-3-2-4-6-21/h2-10,17H,11-16H2,1H3. The minimum atomic E-state index is -0.299. The van der Waals surface area contributed by atoms with Crippen molar-refractivity contribution in [3.05, 3.63) is 77.9 Å². The van der Waals surface area contributed by atoms with Crippen LogP contribution in [0.25, 0.3) is 5.69 Å². The molecule has 2 heterocycles. The molecule has 1 amide bonds. The quantitative estimate of drug-likeness (QED) is 0.629. The Labute approximate surface area is 175 Å². The van der Waals surface area contributed by atoms with Gasteiger partial charge in [0.05, 0.1) is 23.1 Å². The maximum absolute atomic E-state index is 13.2. The number of hydrogen-bond acceptors (Lipinski definition) is 4. The Morgan fingerprint density at radius 2 is 1.73 bits per heavy atom. The highest BCUT2D eigenvalue weighted by Crippen LogP contribution is 2.17. The molecule has 0 saturated carbocycles. The van der Waals surface area contributed by atoms with Crippen molar-refractivity contribution in [2.24, 2.45) is 0 Å². The molecule has 0 atom stereocenters. The zero-order valence-corrected chi connectivity index (χ0v) is 17.0. The van der Waals surface area contributed by atoms with Gasteiger partial charge in [-0.2, -0.15) is 5.10 Å². The van der Waals surface area contributed by atoms with Gasteiger partial charge in [0.1, 0.15) is 18.2 Å². The smallest absolute Gasteiger partial charge is 0.257 e. The van der Waals surface area contributed by atoms with E-state index in [1.807, 2.05) is 42.2 Å². The highest BCUT2D eigenvalue weighted by molar-refractivity contribution is 5.95. The van der Waals surface area contributed by atoms with E-state index in [9.17, 15) is 9.18 Å². The molecule has 0 unspecified atom stereocenters. The van der Waals surface area contributed by atoms with Crippen LogP contribution in [0.1, 0.15) is 16.1 Å². The van der Waals surface area contributed by atoms with Crippen LogP contribution < -0.4 is 4.74 Å². The third kappa shape index (κ3) is 4.52. The lowest BCUT2D eigenvalue weighted by atomic mass is 10.2. The molecule has 0 radical (unpaired) electrons. The van der Waals surface area contributed by atoms with Gasteiger partial charge in [0.2, 0.25) is 0 Å². The van der Waals surface area contributed by atoms with Gasteiger partial charge in [0.25, 0.3) is 5.91 Å². The van der Waals surface area contributed by atoms with E-state index in [2.05, 4.69) is 10.00 Å². The third-order valence-corrected chi connectivity index (χ3v) is 5.39. The third-order valence-electron chi connectivity index (χ3n) is 5.39.